The Morgan fingerprint density at radius 3 is 2.68 bits per heavy atom. The summed E-state index contributed by atoms with van der Waals surface area (Å²) >= 11 is 0. The number of carbonyl (C=O) groups is 1. The van der Waals surface area contributed by atoms with E-state index in [2.05, 4.69) is 6.92 Å². The minimum Gasteiger partial charge on any atom is -0.467 e. The number of carbonyl (C=O) groups excluding carboxylic acids is 1. The molecule has 4 nitrogen and oxygen atoms in total. The van der Waals surface area contributed by atoms with E-state index in [9.17, 15) is 4.79 Å². The summed E-state index contributed by atoms with van der Waals surface area (Å²) in [5.74, 6) is 0.414. The molecule has 4 heteroatoms. The van der Waals surface area contributed by atoms with Crippen LogP contribution in [0.3, 0.4) is 0 Å². The molecule has 1 aromatic heterocycles. The Labute approximate surface area is 115 Å². The lowest BCUT2D eigenvalue weighted by Crippen LogP contribution is -2.27. The first-order valence-corrected chi connectivity index (χ1v) is 6.79. The summed E-state index contributed by atoms with van der Waals surface area (Å²) in [7, 11) is 0. The van der Waals surface area contributed by atoms with Crippen molar-refractivity contribution in [1.29, 1.82) is 0 Å². The minimum absolute atomic E-state index is 0.0493. The van der Waals surface area contributed by atoms with E-state index in [1.807, 2.05) is 32.9 Å². The molecular formula is C15H24O4. The second kappa shape index (κ2) is 7.34. The molecule has 0 amide bonds. The highest BCUT2D eigenvalue weighted by molar-refractivity contribution is 5.71. The molecule has 1 atom stereocenters. The Balaban J connectivity index is 2.47. The fourth-order valence-electron chi connectivity index (χ4n) is 1.71. The van der Waals surface area contributed by atoms with Crippen molar-refractivity contribution in [1.82, 2.24) is 0 Å². The van der Waals surface area contributed by atoms with Crippen molar-refractivity contribution in [2.24, 2.45) is 0 Å². The van der Waals surface area contributed by atoms with E-state index in [-0.39, 0.29) is 18.7 Å². The molecule has 0 unspecified atom stereocenters. The van der Waals surface area contributed by atoms with Gasteiger partial charge in [-0.1, -0.05) is 19.8 Å². The van der Waals surface area contributed by atoms with Crippen LogP contribution in [-0.4, -0.2) is 18.2 Å². The zero-order valence-corrected chi connectivity index (χ0v) is 12.3. The monoisotopic (exact) mass is 268 g/mol. The van der Waals surface area contributed by atoms with E-state index in [4.69, 9.17) is 13.9 Å². The van der Waals surface area contributed by atoms with Gasteiger partial charge in [-0.2, -0.15) is 0 Å². The molecule has 0 aliphatic heterocycles. The van der Waals surface area contributed by atoms with Crippen molar-refractivity contribution in [3.8, 4) is 0 Å². The van der Waals surface area contributed by atoms with Crippen LogP contribution in [0, 0.1) is 0 Å². The van der Waals surface area contributed by atoms with Crippen molar-refractivity contribution in [2.75, 3.05) is 6.61 Å². The molecule has 0 radical (unpaired) electrons. The number of furan rings is 1. The highest BCUT2D eigenvalue weighted by Gasteiger charge is 2.20. The maximum atomic E-state index is 11.6. The maximum Gasteiger partial charge on any atom is 0.332 e. The molecule has 0 aliphatic rings. The molecule has 0 spiro atoms. The zero-order chi connectivity index (χ0) is 14.3. The molecular weight excluding hydrogens is 244 g/mol. The molecule has 19 heavy (non-hydrogen) atoms. The van der Waals surface area contributed by atoms with Crippen LogP contribution in [-0.2, 0) is 14.3 Å². The van der Waals surface area contributed by atoms with Gasteiger partial charge in [0.2, 0.25) is 0 Å². The first-order valence-electron chi connectivity index (χ1n) is 6.79. The molecule has 0 saturated heterocycles. The number of hydrogen-bond donors (Lipinski definition) is 0. The van der Waals surface area contributed by atoms with Gasteiger partial charge < -0.3 is 13.9 Å². The summed E-state index contributed by atoms with van der Waals surface area (Å²) in [6.45, 7) is 7.59. The molecule has 0 aliphatic carbocycles. The third-order valence-electron chi connectivity index (χ3n) is 2.50. The van der Waals surface area contributed by atoms with Crippen LogP contribution in [0.4, 0.5) is 0 Å². The molecule has 1 heterocycles. The van der Waals surface area contributed by atoms with E-state index >= 15 is 0 Å². The zero-order valence-electron chi connectivity index (χ0n) is 12.3. The lowest BCUT2D eigenvalue weighted by atomic mass is 10.1. The molecule has 0 fully saturated rings. The van der Waals surface area contributed by atoms with Gasteiger partial charge >= 0.3 is 5.97 Å². The summed E-state index contributed by atoms with van der Waals surface area (Å²) in [6.07, 6.45) is 4.38. The molecule has 108 valence electrons. The Morgan fingerprint density at radius 1 is 1.42 bits per heavy atom. The van der Waals surface area contributed by atoms with Crippen molar-refractivity contribution < 1.29 is 18.7 Å². The quantitative estimate of drug-likeness (QED) is 0.704. The van der Waals surface area contributed by atoms with Crippen molar-refractivity contribution in [3.05, 3.63) is 24.2 Å². The van der Waals surface area contributed by atoms with Crippen molar-refractivity contribution in [2.45, 2.75) is 58.7 Å². The third kappa shape index (κ3) is 6.43. The normalized spacial score (nSPS) is 13.3. The van der Waals surface area contributed by atoms with Gasteiger partial charge in [0.25, 0.3) is 0 Å². The summed E-state index contributed by atoms with van der Waals surface area (Å²) in [5, 5.41) is 0. The number of unbranched alkanes of at least 4 members (excludes halogenated alkanes) is 1. The fourth-order valence-corrected chi connectivity index (χ4v) is 1.71. The molecule has 0 aromatic carbocycles. The summed E-state index contributed by atoms with van der Waals surface area (Å²) < 4.78 is 16.2. The summed E-state index contributed by atoms with van der Waals surface area (Å²) in [6, 6.07) is 3.69. The first-order chi connectivity index (χ1) is 8.92. The van der Waals surface area contributed by atoms with E-state index in [1.54, 1.807) is 6.26 Å². The van der Waals surface area contributed by atoms with Crippen LogP contribution in [0.5, 0.6) is 0 Å². The third-order valence-corrected chi connectivity index (χ3v) is 2.50. The van der Waals surface area contributed by atoms with Gasteiger partial charge in [-0.05, 0) is 39.3 Å². The Morgan fingerprint density at radius 2 is 2.16 bits per heavy atom. The van der Waals surface area contributed by atoms with Gasteiger partial charge in [-0.15, -0.1) is 0 Å². The summed E-state index contributed by atoms with van der Waals surface area (Å²) in [4.78, 5) is 11.6. The topological polar surface area (TPSA) is 48.7 Å². The van der Waals surface area contributed by atoms with E-state index in [0.717, 1.165) is 25.0 Å². The molecule has 0 saturated carbocycles. The first kappa shape index (κ1) is 15.8. The van der Waals surface area contributed by atoms with E-state index in [0.29, 0.717) is 0 Å². The summed E-state index contributed by atoms with van der Waals surface area (Å²) in [5.41, 5.74) is -0.482. The van der Waals surface area contributed by atoms with Gasteiger partial charge in [-0.3, -0.25) is 0 Å². The SMILES string of the molecule is CCCC[C@H](OCC(=O)OC(C)(C)C)c1ccco1. The molecule has 0 bridgehead atoms. The predicted molar refractivity (Wildman–Crippen MR) is 72.8 cm³/mol. The Hall–Kier alpha value is -1.29. The van der Waals surface area contributed by atoms with Crippen molar-refractivity contribution in [3.63, 3.8) is 0 Å². The second-order valence-electron chi connectivity index (χ2n) is 5.54. The number of esters is 1. The lowest BCUT2D eigenvalue weighted by molar-refractivity contribution is -0.162. The molecule has 0 N–H and O–H groups in total. The Bertz CT molecular complexity index is 362. The van der Waals surface area contributed by atoms with Gasteiger partial charge in [0.1, 0.15) is 24.1 Å². The van der Waals surface area contributed by atoms with Gasteiger partial charge in [-0.25, -0.2) is 4.79 Å². The second-order valence-corrected chi connectivity index (χ2v) is 5.54. The maximum absolute atomic E-state index is 11.6. The predicted octanol–water partition coefficient (Wildman–Crippen LogP) is 3.87. The number of rotatable bonds is 7. The number of hydrogen-bond acceptors (Lipinski definition) is 4. The Kier molecular flexibility index (Phi) is 6.09. The standard InChI is InChI=1S/C15H24O4/c1-5-6-8-13(12-9-7-10-17-12)18-11-14(16)19-15(2,3)4/h7,9-10,13H,5-6,8,11H2,1-4H3/t13-/m0/s1. The smallest absolute Gasteiger partial charge is 0.332 e. The van der Waals surface area contributed by atoms with Crippen LogP contribution in [0.1, 0.15) is 58.8 Å². The van der Waals surface area contributed by atoms with Gasteiger partial charge in [0.15, 0.2) is 0 Å². The average molecular weight is 268 g/mol. The van der Waals surface area contributed by atoms with Crippen LogP contribution in [0.2, 0.25) is 0 Å². The molecule has 1 aromatic rings. The average Bonchev–Trinajstić information content (AvgIpc) is 2.80. The highest BCUT2D eigenvalue weighted by Crippen LogP contribution is 2.24. The van der Waals surface area contributed by atoms with Crippen molar-refractivity contribution >= 4 is 5.97 Å². The van der Waals surface area contributed by atoms with E-state index in [1.165, 1.54) is 0 Å². The van der Waals surface area contributed by atoms with Gasteiger partial charge in [0.05, 0.1) is 6.26 Å². The lowest BCUT2D eigenvalue weighted by Gasteiger charge is -2.21. The highest BCUT2D eigenvalue weighted by atomic mass is 16.6. The van der Waals surface area contributed by atoms with Crippen LogP contribution in [0.15, 0.2) is 22.8 Å². The fraction of sp³-hybridized carbons (Fsp3) is 0.667. The van der Waals surface area contributed by atoms with Crippen LogP contribution < -0.4 is 0 Å². The van der Waals surface area contributed by atoms with E-state index < -0.39 is 5.60 Å². The van der Waals surface area contributed by atoms with Crippen LogP contribution in [0.25, 0.3) is 0 Å². The van der Waals surface area contributed by atoms with Gasteiger partial charge in [0, 0.05) is 0 Å². The minimum atomic E-state index is -0.482. The largest absolute Gasteiger partial charge is 0.467 e. The molecule has 1 rings (SSSR count). The van der Waals surface area contributed by atoms with Crippen LogP contribution >= 0.6 is 0 Å². The number of ether oxygens (including phenoxy) is 2.